The predicted molar refractivity (Wildman–Crippen MR) is 194 cm³/mol. The van der Waals surface area contributed by atoms with Crippen molar-refractivity contribution in [1.82, 2.24) is 19.3 Å². The van der Waals surface area contributed by atoms with Crippen LogP contribution in [-0.4, -0.2) is 64.8 Å². The fourth-order valence-corrected chi connectivity index (χ4v) is 7.58. The first-order chi connectivity index (χ1) is 23.9. The number of aromatic nitrogens is 4. The molecule has 3 atom stereocenters. The van der Waals surface area contributed by atoms with Crippen molar-refractivity contribution in [2.75, 3.05) is 49.2 Å². The molecule has 3 aromatic carbocycles. The minimum atomic E-state index is -1.15. The smallest absolute Gasteiger partial charge is 0.217 e. The van der Waals surface area contributed by atoms with E-state index in [9.17, 15) is 0 Å². The summed E-state index contributed by atoms with van der Waals surface area (Å²) in [4.78, 5) is 14.8. The maximum atomic E-state index is 6.59. The fourth-order valence-electron chi connectivity index (χ4n) is 6.19. The third-order valence-electron chi connectivity index (χ3n) is 9.08. The van der Waals surface area contributed by atoms with Crippen molar-refractivity contribution in [2.24, 2.45) is 4.99 Å². The maximum Gasteiger partial charge on any atom is 0.217 e. The van der Waals surface area contributed by atoms with Crippen LogP contribution < -0.4 is 19.3 Å². The minimum Gasteiger partial charge on any atom is -0.491 e. The molecule has 2 saturated heterocycles. The third kappa shape index (κ3) is 7.66. The molecular weight excluding hydrogens is 681 g/mol. The number of thiazole rings is 1. The van der Waals surface area contributed by atoms with Crippen LogP contribution in [0.3, 0.4) is 0 Å². The number of halogens is 2. The Morgan fingerprint density at radius 3 is 2.37 bits per heavy atom. The van der Waals surface area contributed by atoms with Gasteiger partial charge in [-0.05, 0) is 74.0 Å². The molecule has 2 fully saturated rings. The summed E-state index contributed by atoms with van der Waals surface area (Å²) in [5, 5.41) is 7.34. The molecule has 4 heterocycles. The number of hydrogen-bond donors (Lipinski definition) is 0. The van der Waals surface area contributed by atoms with Crippen LogP contribution in [0, 0.1) is 0 Å². The molecule has 13 heteroatoms. The summed E-state index contributed by atoms with van der Waals surface area (Å²) >= 11 is 14.4. The van der Waals surface area contributed by atoms with E-state index in [1.165, 1.54) is 17.7 Å². The first kappa shape index (κ1) is 33.6. The SMILES string of the molecule is CCC(C)n1ccs/c1=N\c1ccc(N2CCN(c3ccc(OCC4COC(Cn5cncn5)(c5ccc(Cl)cc5Cl)O4)cc3)CC2)cc1. The molecule has 0 aliphatic carbocycles. The second kappa shape index (κ2) is 14.9. The van der Waals surface area contributed by atoms with Crippen LogP contribution >= 0.6 is 34.5 Å². The molecule has 0 amide bonds. The van der Waals surface area contributed by atoms with Gasteiger partial charge in [0.2, 0.25) is 5.79 Å². The topological polar surface area (TPSA) is 82.2 Å². The van der Waals surface area contributed by atoms with Crippen molar-refractivity contribution in [2.45, 2.75) is 44.7 Å². The Hall–Kier alpha value is -3.87. The van der Waals surface area contributed by atoms with Crippen molar-refractivity contribution in [3.05, 3.63) is 111 Å². The maximum absolute atomic E-state index is 6.59. The molecule has 2 aliphatic rings. The summed E-state index contributed by atoms with van der Waals surface area (Å²) in [6, 6.07) is 22.6. The van der Waals surface area contributed by atoms with Gasteiger partial charge in [0.25, 0.3) is 0 Å². The van der Waals surface area contributed by atoms with Crippen LogP contribution in [0.4, 0.5) is 17.1 Å². The minimum absolute atomic E-state index is 0.280. The largest absolute Gasteiger partial charge is 0.491 e. The molecule has 7 rings (SSSR count). The molecular formula is C36H39Cl2N7O3S. The summed E-state index contributed by atoms with van der Waals surface area (Å²) in [6.45, 7) is 9.13. The van der Waals surface area contributed by atoms with Crippen LogP contribution in [0.2, 0.25) is 10.0 Å². The molecule has 2 aromatic heterocycles. The second-order valence-electron chi connectivity index (χ2n) is 12.3. The molecule has 2 aliphatic heterocycles. The van der Waals surface area contributed by atoms with Gasteiger partial charge in [-0.25, -0.2) is 14.7 Å². The molecule has 3 unspecified atom stereocenters. The number of anilines is 2. The fraction of sp³-hybridized carbons (Fsp3) is 0.361. The van der Waals surface area contributed by atoms with E-state index >= 15 is 0 Å². The lowest BCUT2D eigenvalue weighted by Crippen LogP contribution is -2.46. The van der Waals surface area contributed by atoms with E-state index in [-0.39, 0.29) is 12.6 Å². The van der Waals surface area contributed by atoms with Crippen molar-refractivity contribution < 1.29 is 14.2 Å². The lowest BCUT2D eigenvalue weighted by molar-refractivity contribution is -0.190. The highest BCUT2D eigenvalue weighted by Gasteiger charge is 2.45. The average molecular weight is 721 g/mol. The summed E-state index contributed by atoms with van der Waals surface area (Å²) in [5.74, 6) is -0.375. The number of ether oxygens (including phenoxy) is 3. The molecule has 0 spiro atoms. The van der Waals surface area contributed by atoms with Gasteiger partial charge in [0.1, 0.15) is 37.7 Å². The van der Waals surface area contributed by atoms with Gasteiger partial charge in [0, 0.05) is 65.8 Å². The number of piperazine rings is 1. The Labute approximate surface area is 300 Å². The number of hydrogen-bond acceptors (Lipinski definition) is 9. The second-order valence-corrected chi connectivity index (χ2v) is 14.0. The Kier molecular flexibility index (Phi) is 10.2. The summed E-state index contributed by atoms with van der Waals surface area (Å²) in [6.07, 6.45) is 5.98. The zero-order chi connectivity index (χ0) is 33.8. The first-order valence-corrected chi connectivity index (χ1v) is 18.2. The number of nitrogens with zero attached hydrogens (tertiary/aromatic N) is 7. The van der Waals surface area contributed by atoms with Crippen molar-refractivity contribution in [3.63, 3.8) is 0 Å². The van der Waals surface area contributed by atoms with Gasteiger partial charge in [-0.2, -0.15) is 5.10 Å². The van der Waals surface area contributed by atoms with Gasteiger partial charge in [-0.1, -0.05) is 36.2 Å². The van der Waals surface area contributed by atoms with Gasteiger partial charge < -0.3 is 28.6 Å². The van der Waals surface area contributed by atoms with Crippen molar-refractivity contribution in [1.29, 1.82) is 0 Å². The van der Waals surface area contributed by atoms with E-state index < -0.39 is 5.79 Å². The van der Waals surface area contributed by atoms with Crippen LogP contribution in [0.25, 0.3) is 0 Å². The lowest BCUT2D eigenvalue weighted by atomic mass is 10.1. The van der Waals surface area contributed by atoms with E-state index in [2.05, 4.69) is 86.3 Å². The highest BCUT2D eigenvalue weighted by atomic mass is 35.5. The van der Waals surface area contributed by atoms with E-state index in [0.717, 1.165) is 48.8 Å². The highest BCUT2D eigenvalue weighted by Crippen LogP contribution is 2.40. The van der Waals surface area contributed by atoms with Gasteiger partial charge >= 0.3 is 0 Å². The van der Waals surface area contributed by atoms with Crippen LogP contribution in [-0.2, 0) is 21.8 Å². The molecule has 5 aromatic rings. The Morgan fingerprint density at radius 2 is 1.71 bits per heavy atom. The number of benzene rings is 3. The van der Waals surface area contributed by atoms with E-state index in [1.54, 1.807) is 34.5 Å². The van der Waals surface area contributed by atoms with E-state index in [4.69, 9.17) is 42.4 Å². The normalized spacial score (nSPS) is 20.6. The van der Waals surface area contributed by atoms with Gasteiger partial charge in [-0.3, -0.25) is 0 Å². The molecule has 0 saturated carbocycles. The van der Waals surface area contributed by atoms with Gasteiger partial charge in [0.15, 0.2) is 4.80 Å². The van der Waals surface area contributed by atoms with Crippen LogP contribution in [0.15, 0.2) is 96.0 Å². The molecule has 256 valence electrons. The first-order valence-electron chi connectivity index (χ1n) is 16.5. The average Bonchev–Trinajstić information content (AvgIpc) is 3.90. The Morgan fingerprint density at radius 1 is 1.00 bits per heavy atom. The zero-order valence-corrected chi connectivity index (χ0v) is 29.8. The quantitative estimate of drug-likeness (QED) is 0.141. The third-order valence-corrected chi connectivity index (χ3v) is 10.4. The van der Waals surface area contributed by atoms with E-state index in [0.29, 0.717) is 34.9 Å². The van der Waals surface area contributed by atoms with Crippen molar-refractivity contribution >= 4 is 51.6 Å². The van der Waals surface area contributed by atoms with Crippen LogP contribution in [0.1, 0.15) is 31.9 Å². The Balaban J connectivity index is 0.923. The molecule has 49 heavy (non-hydrogen) atoms. The zero-order valence-electron chi connectivity index (χ0n) is 27.5. The summed E-state index contributed by atoms with van der Waals surface area (Å²) in [7, 11) is 0. The molecule has 0 N–H and O–H groups in total. The molecule has 0 radical (unpaired) electrons. The van der Waals surface area contributed by atoms with Gasteiger partial charge in [0.05, 0.1) is 17.3 Å². The van der Waals surface area contributed by atoms with Crippen molar-refractivity contribution in [3.8, 4) is 5.75 Å². The van der Waals surface area contributed by atoms with Gasteiger partial charge in [-0.15, -0.1) is 11.3 Å². The molecule has 10 nitrogen and oxygen atoms in total. The lowest BCUT2D eigenvalue weighted by Gasteiger charge is -2.37. The Bertz CT molecular complexity index is 1890. The summed E-state index contributed by atoms with van der Waals surface area (Å²) in [5.41, 5.74) is 4.06. The highest BCUT2D eigenvalue weighted by molar-refractivity contribution is 7.07. The standard InChI is InChI=1S/C36H39Cl2N7O3S/c1-3-26(2)45-18-19-49-35(45)41-28-5-7-29(8-6-28)42-14-16-43(17-15-42)30-9-11-31(12-10-30)46-21-32-22-47-36(48-32,23-44-25-39-24-40-44)33-13-4-27(37)20-34(33)38/h4-13,18-20,24-26,32H,3,14-17,21-23H2,1-2H3/b41-35-. The van der Waals surface area contributed by atoms with Crippen LogP contribution in [0.5, 0.6) is 5.75 Å². The number of rotatable bonds is 11. The summed E-state index contributed by atoms with van der Waals surface area (Å²) < 4.78 is 22.8. The monoisotopic (exact) mass is 719 g/mol. The molecule has 0 bridgehead atoms. The predicted octanol–water partition coefficient (Wildman–Crippen LogP) is 7.33. The van der Waals surface area contributed by atoms with E-state index in [1.807, 2.05) is 18.2 Å².